The lowest BCUT2D eigenvalue weighted by molar-refractivity contribution is 0.260. The molecule has 0 fully saturated rings. The number of hydrogen-bond donors (Lipinski definition) is 2. The van der Waals surface area contributed by atoms with Crippen molar-refractivity contribution in [2.45, 2.75) is 69.2 Å². The van der Waals surface area contributed by atoms with Crippen molar-refractivity contribution in [2.24, 2.45) is 9.50 Å². The van der Waals surface area contributed by atoms with E-state index in [1.54, 1.807) is 0 Å². The van der Waals surface area contributed by atoms with Crippen LogP contribution in [-0.4, -0.2) is 25.0 Å². The topological polar surface area (TPSA) is 115 Å². The Morgan fingerprint density at radius 1 is 1.07 bits per heavy atom. The van der Waals surface area contributed by atoms with Gasteiger partial charge in [-0.3, -0.25) is 9.67 Å². The van der Waals surface area contributed by atoms with Gasteiger partial charge in [0.25, 0.3) is 0 Å². The van der Waals surface area contributed by atoms with Crippen LogP contribution in [0.5, 0.6) is 0 Å². The molecule has 2 amide bonds. The maximum absolute atomic E-state index is 13.1. The molecule has 3 aliphatic rings. The number of amides is 2. The molecular formula is C19H24N6O2S. The minimum absolute atomic E-state index is 0.382. The van der Waals surface area contributed by atoms with Crippen LogP contribution < -0.4 is 10.5 Å². The molecule has 2 aromatic rings. The quantitative estimate of drug-likeness (QED) is 0.806. The van der Waals surface area contributed by atoms with Crippen LogP contribution >= 0.6 is 0 Å². The number of anilines is 1. The average molecular weight is 401 g/mol. The van der Waals surface area contributed by atoms with Gasteiger partial charge in [-0.2, -0.15) is 5.10 Å². The highest BCUT2D eigenvalue weighted by atomic mass is 32.2. The van der Waals surface area contributed by atoms with E-state index in [1.807, 2.05) is 4.68 Å². The maximum atomic E-state index is 13.1. The van der Waals surface area contributed by atoms with Crippen molar-refractivity contribution in [1.82, 2.24) is 14.8 Å². The monoisotopic (exact) mass is 400 g/mol. The highest BCUT2D eigenvalue weighted by molar-refractivity contribution is 7.91. The first-order valence-electron chi connectivity index (χ1n) is 9.97. The van der Waals surface area contributed by atoms with Crippen LogP contribution in [0.4, 0.5) is 10.5 Å². The summed E-state index contributed by atoms with van der Waals surface area (Å²) in [4.78, 5) is 17.9. The smallest absolute Gasteiger partial charge is 0.305 e. The van der Waals surface area contributed by atoms with E-state index in [0.29, 0.717) is 4.90 Å². The van der Waals surface area contributed by atoms with Crippen molar-refractivity contribution in [3.8, 4) is 0 Å². The third-order valence-corrected chi connectivity index (χ3v) is 7.37. The Kier molecular flexibility index (Phi) is 4.24. The summed E-state index contributed by atoms with van der Waals surface area (Å²) in [6.07, 6.45) is 10.1. The van der Waals surface area contributed by atoms with Crippen molar-refractivity contribution in [1.29, 1.82) is 0 Å². The van der Waals surface area contributed by atoms with Gasteiger partial charge in [0.2, 0.25) is 0 Å². The molecule has 2 aliphatic carbocycles. The zero-order valence-corrected chi connectivity index (χ0v) is 16.6. The largest absolute Gasteiger partial charge is 0.354 e. The Labute approximate surface area is 164 Å². The number of carbonyl (C=O) groups excluding carboxylic acids is 1. The van der Waals surface area contributed by atoms with Gasteiger partial charge in [0.1, 0.15) is 14.8 Å². The maximum Gasteiger partial charge on any atom is 0.354 e. The molecule has 28 heavy (non-hydrogen) atoms. The van der Waals surface area contributed by atoms with Crippen LogP contribution in [0.25, 0.3) is 0 Å². The summed E-state index contributed by atoms with van der Waals surface area (Å²) in [5.41, 5.74) is 6.04. The summed E-state index contributed by atoms with van der Waals surface area (Å²) in [6, 6.07) is -0.655. The summed E-state index contributed by atoms with van der Waals surface area (Å²) < 4.78 is 18.8. The van der Waals surface area contributed by atoms with Gasteiger partial charge in [-0.1, -0.05) is 0 Å². The first kappa shape index (κ1) is 17.8. The lowest BCUT2D eigenvalue weighted by Crippen LogP contribution is -2.21. The fourth-order valence-electron chi connectivity index (χ4n) is 4.68. The lowest BCUT2D eigenvalue weighted by atomic mass is 10.1. The summed E-state index contributed by atoms with van der Waals surface area (Å²) in [7, 11) is -3.34. The van der Waals surface area contributed by atoms with E-state index in [4.69, 9.17) is 10.1 Å². The Hall–Kier alpha value is -2.26. The molecule has 0 bridgehead atoms. The zero-order valence-electron chi connectivity index (χ0n) is 15.7. The van der Waals surface area contributed by atoms with E-state index in [9.17, 15) is 9.00 Å². The number of nitrogens with one attached hydrogen (secondary N) is 1. The fourth-order valence-corrected chi connectivity index (χ4v) is 5.81. The highest BCUT2D eigenvalue weighted by Crippen LogP contribution is 2.36. The molecule has 0 saturated heterocycles. The van der Waals surface area contributed by atoms with Crippen LogP contribution in [0.2, 0.25) is 0 Å². The zero-order chi connectivity index (χ0) is 19.3. The predicted octanol–water partition coefficient (Wildman–Crippen LogP) is 2.52. The third kappa shape index (κ3) is 2.93. The Morgan fingerprint density at radius 3 is 2.50 bits per heavy atom. The van der Waals surface area contributed by atoms with Gasteiger partial charge in [-0.25, -0.2) is 14.1 Å². The van der Waals surface area contributed by atoms with Crippen molar-refractivity contribution in [3.63, 3.8) is 0 Å². The minimum Gasteiger partial charge on any atom is -0.305 e. The van der Waals surface area contributed by atoms with Gasteiger partial charge < -0.3 is 5.32 Å². The van der Waals surface area contributed by atoms with Crippen LogP contribution in [0, 0.1) is 0 Å². The number of nitrogens with two attached hydrogens (primary N) is 1. The molecule has 0 saturated carbocycles. The number of fused-ring (bicyclic) bond motifs is 3. The van der Waals surface area contributed by atoms with Crippen molar-refractivity contribution in [2.75, 3.05) is 5.32 Å². The molecule has 1 atom stereocenters. The number of hydrogen-bond acceptors (Lipinski definition) is 4. The Bertz CT molecular complexity index is 1060. The van der Waals surface area contributed by atoms with E-state index >= 15 is 0 Å². The summed E-state index contributed by atoms with van der Waals surface area (Å²) in [5.74, 6) is 0. The van der Waals surface area contributed by atoms with Crippen molar-refractivity contribution >= 4 is 21.6 Å². The second-order valence-electron chi connectivity index (χ2n) is 7.77. The second kappa shape index (κ2) is 6.66. The molecule has 0 spiro atoms. The van der Waals surface area contributed by atoms with Gasteiger partial charge in [-0.15, -0.1) is 4.36 Å². The molecule has 2 aromatic heterocycles. The number of urea groups is 1. The van der Waals surface area contributed by atoms with Gasteiger partial charge in [0, 0.05) is 17.9 Å². The molecule has 0 aromatic carbocycles. The van der Waals surface area contributed by atoms with Gasteiger partial charge >= 0.3 is 6.03 Å². The first-order chi connectivity index (χ1) is 13.5. The van der Waals surface area contributed by atoms with E-state index in [1.165, 1.54) is 6.20 Å². The second-order valence-corrected chi connectivity index (χ2v) is 9.53. The molecular weight excluding hydrogens is 376 g/mol. The Balaban J connectivity index is 1.49. The van der Waals surface area contributed by atoms with Crippen molar-refractivity contribution < 1.29 is 9.00 Å². The standard InChI is InChI=1S/C19H24N6O2S/c20-28(27,17-11-21-25-10-2-1-9-16(17)25)24-19(26)23-18-12-5-3-7-14(12)22-15-8-4-6-13(15)18/h11H,1-10H2,(H3,20,22,23,24,26,27). The van der Waals surface area contributed by atoms with E-state index < -0.39 is 15.9 Å². The summed E-state index contributed by atoms with van der Waals surface area (Å²) >= 11 is 0. The SMILES string of the molecule is NS(=O)(=NC(=O)Nc1c2c(nc3c1CCC3)CCC2)c1cnn2c1CCCC2. The molecule has 3 heterocycles. The third-order valence-electron chi connectivity index (χ3n) is 5.96. The van der Waals surface area contributed by atoms with Crippen LogP contribution in [-0.2, 0) is 48.6 Å². The molecule has 0 radical (unpaired) electrons. The average Bonchev–Trinajstić information content (AvgIpc) is 3.39. The molecule has 148 valence electrons. The van der Waals surface area contributed by atoms with Gasteiger partial charge in [0.05, 0.1) is 17.6 Å². The summed E-state index contributed by atoms with van der Waals surface area (Å²) in [5, 5.41) is 13.2. The van der Waals surface area contributed by atoms with Crippen LogP contribution in [0.3, 0.4) is 0 Å². The Morgan fingerprint density at radius 2 is 1.79 bits per heavy atom. The molecule has 5 rings (SSSR count). The molecule has 3 N–H and O–H groups in total. The van der Waals surface area contributed by atoms with Crippen LogP contribution in [0.15, 0.2) is 15.5 Å². The predicted molar refractivity (Wildman–Crippen MR) is 105 cm³/mol. The molecule has 1 aliphatic heterocycles. The number of aryl methyl sites for hydroxylation is 3. The van der Waals surface area contributed by atoms with E-state index in [-0.39, 0.29) is 0 Å². The van der Waals surface area contributed by atoms with Gasteiger partial charge in [-0.05, 0) is 68.9 Å². The number of nitrogens with zero attached hydrogens (tertiary/aromatic N) is 4. The first-order valence-corrected chi connectivity index (χ1v) is 11.5. The van der Waals surface area contributed by atoms with E-state index in [0.717, 1.165) is 98.2 Å². The molecule has 9 heteroatoms. The number of aromatic nitrogens is 3. The van der Waals surface area contributed by atoms with E-state index in [2.05, 4.69) is 14.8 Å². The number of carbonyl (C=O) groups is 1. The van der Waals surface area contributed by atoms with Crippen LogP contribution in [0.1, 0.15) is 53.9 Å². The van der Waals surface area contributed by atoms with Crippen molar-refractivity contribution in [3.05, 3.63) is 34.4 Å². The fraction of sp³-hybridized carbons (Fsp3) is 0.526. The summed E-state index contributed by atoms with van der Waals surface area (Å²) in [6.45, 7) is 0.784. The molecule has 1 unspecified atom stereocenters. The highest BCUT2D eigenvalue weighted by Gasteiger charge is 2.27. The normalized spacial score (nSPS) is 19.5. The number of rotatable bonds is 2. The number of pyridine rings is 1. The minimum atomic E-state index is -3.34. The molecule has 8 nitrogen and oxygen atoms in total. The van der Waals surface area contributed by atoms with Gasteiger partial charge in [0.15, 0.2) is 0 Å². The lowest BCUT2D eigenvalue weighted by Gasteiger charge is -2.15.